The third-order valence-corrected chi connectivity index (χ3v) is 2.56. The van der Waals surface area contributed by atoms with Crippen LogP contribution >= 0.6 is 0 Å². The summed E-state index contributed by atoms with van der Waals surface area (Å²) in [7, 11) is 1.65. The normalized spacial score (nSPS) is 10.3. The van der Waals surface area contributed by atoms with Crippen molar-refractivity contribution in [2.45, 2.75) is 19.8 Å². The maximum absolute atomic E-state index is 5.66. The first-order valence-electron chi connectivity index (χ1n) is 5.83. The Balaban J connectivity index is 2.24. The molecule has 0 aliphatic heterocycles. The van der Waals surface area contributed by atoms with Crippen molar-refractivity contribution in [3.63, 3.8) is 0 Å². The van der Waals surface area contributed by atoms with E-state index in [1.54, 1.807) is 7.11 Å². The number of hydrogen-bond acceptors (Lipinski definition) is 5. The molecule has 0 amide bonds. The highest BCUT2D eigenvalue weighted by Gasteiger charge is 2.05. The van der Waals surface area contributed by atoms with E-state index in [4.69, 9.17) is 10.5 Å². The topological polar surface area (TPSA) is 73.9 Å². The molecule has 0 saturated heterocycles. The molecule has 94 valence electrons. The van der Waals surface area contributed by atoms with E-state index in [2.05, 4.69) is 15.0 Å². The SMILES string of the molecule is CCc1nc(N)nc(Cc2cccc(OC)c2)n1. The van der Waals surface area contributed by atoms with Gasteiger partial charge >= 0.3 is 0 Å². The number of nitrogens with two attached hydrogens (primary N) is 1. The van der Waals surface area contributed by atoms with Crippen LogP contribution in [0.15, 0.2) is 24.3 Å². The molecule has 1 heterocycles. The number of ether oxygens (including phenoxy) is 1. The van der Waals surface area contributed by atoms with E-state index in [1.807, 2.05) is 31.2 Å². The number of rotatable bonds is 4. The molecule has 0 unspecified atom stereocenters. The zero-order chi connectivity index (χ0) is 13.0. The fraction of sp³-hybridized carbons (Fsp3) is 0.308. The zero-order valence-corrected chi connectivity index (χ0v) is 10.6. The Hall–Kier alpha value is -2.17. The van der Waals surface area contributed by atoms with Gasteiger partial charge in [-0.05, 0) is 17.7 Å². The largest absolute Gasteiger partial charge is 0.497 e. The van der Waals surface area contributed by atoms with Gasteiger partial charge in [0.2, 0.25) is 5.95 Å². The van der Waals surface area contributed by atoms with Gasteiger partial charge in [0.15, 0.2) is 0 Å². The van der Waals surface area contributed by atoms with E-state index >= 15 is 0 Å². The number of nitrogen functional groups attached to an aromatic ring is 1. The smallest absolute Gasteiger partial charge is 0.223 e. The fourth-order valence-electron chi connectivity index (χ4n) is 1.69. The molecule has 0 atom stereocenters. The van der Waals surface area contributed by atoms with Gasteiger partial charge in [-0.1, -0.05) is 19.1 Å². The van der Waals surface area contributed by atoms with E-state index in [1.165, 1.54) is 0 Å². The Morgan fingerprint density at radius 1 is 1.17 bits per heavy atom. The standard InChI is InChI=1S/C13H16N4O/c1-3-11-15-12(17-13(14)16-11)8-9-5-4-6-10(7-9)18-2/h4-7H,3,8H2,1-2H3,(H2,14,15,16,17). The summed E-state index contributed by atoms with van der Waals surface area (Å²) in [6.45, 7) is 1.99. The van der Waals surface area contributed by atoms with E-state index in [9.17, 15) is 0 Å². The molecule has 0 aliphatic rings. The van der Waals surface area contributed by atoms with Gasteiger partial charge in [0.25, 0.3) is 0 Å². The maximum atomic E-state index is 5.66. The van der Waals surface area contributed by atoms with E-state index in [-0.39, 0.29) is 5.95 Å². The van der Waals surface area contributed by atoms with Crippen molar-refractivity contribution < 1.29 is 4.74 Å². The van der Waals surface area contributed by atoms with Crippen LogP contribution in [0.3, 0.4) is 0 Å². The second-order valence-electron chi connectivity index (χ2n) is 3.91. The predicted molar refractivity (Wildman–Crippen MR) is 69.4 cm³/mol. The molecule has 0 radical (unpaired) electrons. The first-order valence-corrected chi connectivity index (χ1v) is 5.83. The molecule has 2 aromatic rings. The van der Waals surface area contributed by atoms with Gasteiger partial charge < -0.3 is 10.5 Å². The highest BCUT2D eigenvalue weighted by Crippen LogP contribution is 2.15. The van der Waals surface area contributed by atoms with E-state index in [0.29, 0.717) is 12.2 Å². The highest BCUT2D eigenvalue weighted by atomic mass is 16.5. The van der Waals surface area contributed by atoms with Crippen LogP contribution in [-0.2, 0) is 12.8 Å². The summed E-state index contributed by atoms with van der Waals surface area (Å²) in [6.07, 6.45) is 1.37. The maximum Gasteiger partial charge on any atom is 0.223 e. The van der Waals surface area contributed by atoms with E-state index in [0.717, 1.165) is 23.6 Å². The van der Waals surface area contributed by atoms with Gasteiger partial charge in [0, 0.05) is 12.8 Å². The minimum atomic E-state index is 0.278. The lowest BCUT2D eigenvalue weighted by atomic mass is 10.1. The molecule has 18 heavy (non-hydrogen) atoms. The number of nitrogens with zero attached hydrogens (tertiary/aromatic N) is 3. The highest BCUT2D eigenvalue weighted by molar-refractivity contribution is 5.30. The van der Waals surface area contributed by atoms with Gasteiger partial charge in [-0.15, -0.1) is 0 Å². The third-order valence-electron chi connectivity index (χ3n) is 2.56. The summed E-state index contributed by atoms with van der Waals surface area (Å²) in [5.41, 5.74) is 6.74. The first kappa shape index (κ1) is 12.3. The van der Waals surface area contributed by atoms with Gasteiger partial charge in [0.05, 0.1) is 7.11 Å². The average molecular weight is 244 g/mol. The molecule has 2 rings (SSSR count). The lowest BCUT2D eigenvalue weighted by Gasteiger charge is -2.05. The van der Waals surface area contributed by atoms with Crippen molar-refractivity contribution in [3.05, 3.63) is 41.5 Å². The monoisotopic (exact) mass is 244 g/mol. The van der Waals surface area contributed by atoms with Crippen molar-refractivity contribution in [2.24, 2.45) is 0 Å². The van der Waals surface area contributed by atoms with Gasteiger partial charge in [-0.25, -0.2) is 4.98 Å². The number of aromatic nitrogens is 3. The van der Waals surface area contributed by atoms with Gasteiger partial charge in [-0.3, -0.25) is 0 Å². The quantitative estimate of drug-likeness (QED) is 0.884. The minimum absolute atomic E-state index is 0.278. The Bertz CT molecular complexity index is 542. The molecular formula is C13H16N4O. The molecule has 0 aliphatic carbocycles. The zero-order valence-electron chi connectivity index (χ0n) is 10.6. The van der Waals surface area contributed by atoms with Crippen LogP contribution in [-0.4, -0.2) is 22.1 Å². The van der Waals surface area contributed by atoms with Crippen molar-refractivity contribution in [1.82, 2.24) is 15.0 Å². The molecule has 5 nitrogen and oxygen atoms in total. The Morgan fingerprint density at radius 3 is 2.67 bits per heavy atom. The lowest BCUT2D eigenvalue weighted by Crippen LogP contribution is -2.07. The van der Waals surface area contributed by atoms with Crippen LogP contribution in [0.1, 0.15) is 24.1 Å². The predicted octanol–water partition coefficient (Wildman–Crippen LogP) is 1.62. The molecule has 0 bridgehead atoms. The third kappa shape index (κ3) is 2.94. The van der Waals surface area contributed by atoms with Gasteiger partial charge in [-0.2, -0.15) is 9.97 Å². The number of aryl methyl sites for hydroxylation is 1. The van der Waals surface area contributed by atoms with Crippen molar-refractivity contribution >= 4 is 5.95 Å². The number of benzene rings is 1. The second kappa shape index (κ2) is 5.44. The summed E-state index contributed by atoms with van der Waals surface area (Å²) in [4.78, 5) is 12.6. The Labute approximate surface area is 106 Å². The molecular weight excluding hydrogens is 228 g/mol. The van der Waals surface area contributed by atoms with Gasteiger partial charge in [0.1, 0.15) is 17.4 Å². The number of hydrogen-bond donors (Lipinski definition) is 1. The van der Waals surface area contributed by atoms with Crippen LogP contribution in [0.5, 0.6) is 5.75 Å². The summed E-state index contributed by atoms with van der Waals surface area (Å²) in [5.74, 6) is 2.51. The van der Waals surface area contributed by atoms with E-state index < -0.39 is 0 Å². The summed E-state index contributed by atoms with van der Waals surface area (Å²) >= 11 is 0. The van der Waals surface area contributed by atoms with Crippen molar-refractivity contribution in [1.29, 1.82) is 0 Å². The van der Waals surface area contributed by atoms with Crippen LogP contribution in [0.2, 0.25) is 0 Å². The average Bonchev–Trinajstić information content (AvgIpc) is 2.38. The fourth-order valence-corrected chi connectivity index (χ4v) is 1.69. The molecule has 0 fully saturated rings. The molecule has 0 saturated carbocycles. The first-order chi connectivity index (χ1) is 8.71. The molecule has 0 spiro atoms. The van der Waals surface area contributed by atoms with Crippen LogP contribution < -0.4 is 10.5 Å². The molecule has 2 N–H and O–H groups in total. The lowest BCUT2D eigenvalue weighted by molar-refractivity contribution is 0.414. The van der Waals surface area contributed by atoms with Crippen LogP contribution in [0.25, 0.3) is 0 Å². The molecule has 1 aromatic carbocycles. The van der Waals surface area contributed by atoms with Crippen LogP contribution in [0, 0.1) is 0 Å². The molecule has 5 heteroatoms. The van der Waals surface area contributed by atoms with Crippen molar-refractivity contribution in [2.75, 3.05) is 12.8 Å². The van der Waals surface area contributed by atoms with Crippen LogP contribution in [0.4, 0.5) is 5.95 Å². The number of methoxy groups -OCH3 is 1. The summed E-state index contributed by atoms with van der Waals surface area (Å²) < 4.78 is 5.18. The minimum Gasteiger partial charge on any atom is -0.497 e. The number of anilines is 1. The second-order valence-corrected chi connectivity index (χ2v) is 3.91. The van der Waals surface area contributed by atoms with Crippen molar-refractivity contribution in [3.8, 4) is 5.75 Å². The summed E-state index contributed by atoms with van der Waals surface area (Å²) in [5, 5.41) is 0. The summed E-state index contributed by atoms with van der Waals surface area (Å²) in [6, 6.07) is 7.82. The molecule has 1 aromatic heterocycles. The Morgan fingerprint density at radius 2 is 1.94 bits per heavy atom. The Kier molecular flexibility index (Phi) is 3.72.